The topological polar surface area (TPSA) is 52.6 Å². The molecule has 4 rings (SSSR count). The van der Waals surface area contributed by atoms with Crippen LogP contribution in [0.15, 0.2) is 0 Å². The molecule has 20 heavy (non-hydrogen) atoms. The first-order valence-corrected chi connectivity index (χ1v) is 8.43. The van der Waals surface area contributed by atoms with Gasteiger partial charge in [0.25, 0.3) is 0 Å². The number of rotatable bonds is 2. The van der Waals surface area contributed by atoms with Gasteiger partial charge in [0.05, 0.1) is 19.1 Å². The second kappa shape index (κ2) is 4.70. The van der Waals surface area contributed by atoms with E-state index in [0.717, 1.165) is 25.2 Å². The molecule has 0 bridgehead atoms. The van der Waals surface area contributed by atoms with E-state index >= 15 is 0 Å². The Kier molecular flexibility index (Phi) is 3.08. The van der Waals surface area contributed by atoms with Gasteiger partial charge in [0.1, 0.15) is 5.60 Å². The van der Waals surface area contributed by atoms with Crippen molar-refractivity contribution in [1.29, 1.82) is 0 Å². The fraction of sp³-hybridized carbons (Fsp3) is 0.938. The zero-order chi connectivity index (χ0) is 13.7. The van der Waals surface area contributed by atoms with Crippen molar-refractivity contribution in [3.8, 4) is 0 Å². The van der Waals surface area contributed by atoms with Crippen LogP contribution in [0.5, 0.6) is 0 Å². The van der Waals surface area contributed by atoms with Crippen molar-refractivity contribution >= 4 is 5.91 Å². The molecule has 1 amide bonds. The lowest BCUT2D eigenvalue weighted by molar-refractivity contribution is -0.162. The van der Waals surface area contributed by atoms with Crippen molar-refractivity contribution in [3.05, 3.63) is 0 Å². The van der Waals surface area contributed by atoms with Crippen LogP contribution in [0.1, 0.15) is 51.4 Å². The third-order valence-corrected chi connectivity index (χ3v) is 6.03. The number of piperidine rings is 1. The van der Waals surface area contributed by atoms with Crippen LogP contribution < -0.4 is 5.32 Å². The van der Waals surface area contributed by atoms with Gasteiger partial charge in [0.2, 0.25) is 5.91 Å². The molecule has 3 unspecified atom stereocenters. The zero-order valence-corrected chi connectivity index (χ0v) is 12.2. The Morgan fingerprint density at radius 1 is 1.05 bits per heavy atom. The summed E-state index contributed by atoms with van der Waals surface area (Å²) >= 11 is 0. The Balaban J connectivity index is 1.33. The Morgan fingerprint density at radius 3 is 2.55 bits per heavy atom. The zero-order valence-electron chi connectivity index (χ0n) is 12.2. The maximum Gasteiger partial charge on any atom is 0.239 e. The Hall–Kier alpha value is -0.610. The fourth-order valence-electron chi connectivity index (χ4n) is 4.56. The van der Waals surface area contributed by atoms with E-state index in [2.05, 4.69) is 5.32 Å². The molecule has 4 nitrogen and oxygen atoms in total. The van der Waals surface area contributed by atoms with Crippen LogP contribution in [0.3, 0.4) is 0 Å². The number of aliphatic hydroxyl groups is 1. The average Bonchev–Trinajstić information content (AvgIpc) is 3.27. The van der Waals surface area contributed by atoms with E-state index in [1.165, 1.54) is 32.1 Å². The van der Waals surface area contributed by atoms with Crippen LogP contribution in [-0.4, -0.2) is 46.7 Å². The summed E-state index contributed by atoms with van der Waals surface area (Å²) in [5, 5.41) is 13.9. The van der Waals surface area contributed by atoms with E-state index in [4.69, 9.17) is 0 Å². The maximum atomic E-state index is 12.5. The summed E-state index contributed by atoms with van der Waals surface area (Å²) in [6.45, 7) is 1.14. The highest BCUT2D eigenvalue weighted by Gasteiger charge is 2.54. The fourth-order valence-corrected chi connectivity index (χ4v) is 4.56. The Bertz CT molecular complexity index is 401. The number of likely N-dealkylation sites (tertiary alicyclic amines) is 1. The van der Waals surface area contributed by atoms with Gasteiger partial charge < -0.3 is 15.3 Å². The molecular formula is C16H26N2O2. The van der Waals surface area contributed by atoms with Gasteiger partial charge in [0.15, 0.2) is 0 Å². The maximum absolute atomic E-state index is 12.5. The molecule has 0 radical (unpaired) electrons. The monoisotopic (exact) mass is 278 g/mol. The van der Waals surface area contributed by atoms with Crippen molar-refractivity contribution in [2.45, 2.75) is 69.1 Å². The van der Waals surface area contributed by atoms with E-state index in [0.29, 0.717) is 25.0 Å². The Labute approximate surface area is 120 Å². The van der Waals surface area contributed by atoms with Crippen LogP contribution >= 0.6 is 0 Å². The lowest BCUT2D eigenvalue weighted by atomic mass is 9.77. The Morgan fingerprint density at radius 2 is 1.80 bits per heavy atom. The predicted octanol–water partition coefficient (Wildman–Crippen LogP) is 1.28. The summed E-state index contributed by atoms with van der Waals surface area (Å²) in [6, 6.07) is 0.577. The molecule has 112 valence electrons. The number of amides is 1. The first-order chi connectivity index (χ1) is 9.66. The van der Waals surface area contributed by atoms with Gasteiger partial charge >= 0.3 is 0 Å². The molecule has 4 fully saturated rings. The third-order valence-electron chi connectivity index (χ3n) is 6.03. The highest BCUT2D eigenvalue weighted by atomic mass is 16.3. The van der Waals surface area contributed by atoms with Crippen LogP contribution in [-0.2, 0) is 4.79 Å². The van der Waals surface area contributed by atoms with Crippen LogP contribution in [0.25, 0.3) is 0 Å². The number of nitrogens with one attached hydrogen (secondary N) is 1. The third kappa shape index (κ3) is 2.17. The minimum Gasteiger partial charge on any atom is -0.386 e. The second-order valence-corrected chi connectivity index (χ2v) is 7.52. The molecule has 0 aromatic heterocycles. The number of fused-ring (bicyclic) bond motifs is 1. The van der Waals surface area contributed by atoms with Gasteiger partial charge in [-0.15, -0.1) is 0 Å². The number of hydrogen-bond acceptors (Lipinski definition) is 3. The SMILES string of the molecule is O=C(C1CCC2CCCCC2N1)N1CC(O)(C2CC2)C1. The van der Waals surface area contributed by atoms with E-state index in [9.17, 15) is 9.90 Å². The van der Waals surface area contributed by atoms with E-state index in [1.807, 2.05) is 4.90 Å². The van der Waals surface area contributed by atoms with Gasteiger partial charge in [0, 0.05) is 6.04 Å². The van der Waals surface area contributed by atoms with E-state index in [-0.39, 0.29) is 11.9 Å². The van der Waals surface area contributed by atoms with Crippen molar-refractivity contribution in [3.63, 3.8) is 0 Å². The van der Waals surface area contributed by atoms with Crippen molar-refractivity contribution in [1.82, 2.24) is 10.2 Å². The molecular weight excluding hydrogens is 252 g/mol. The minimum absolute atomic E-state index is 0.0121. The lowest BCUT2D eigenvalue weighted by Crippen LogP contribution is -2.68. The average molecular weight is 278 g/mol. The van der Waals surface area contributed by atoms with Crippen molar-refractivity contribution < 1.29 is 9.90 Å². The number of hydrogen-bond donors (Lipinski definition) is 2. The quantitative estimate of drug-likeness (QED) is 0.800. The first kappa shape index (κ1) is 13.1. The lowest BCUT2D eigenvalue weighted by Gasteiger charge is -2.49. The molecule has 2 heterocycles. The van der Waals surface area contributed by atoms with Gasteiger partial charge in [-0.2, -0.15) is 0 Å². The largest absolute Gasteiger partial charge is 0.386 e. The second-order valence-electron chi connectivity index (χ2n) is 7.52. The van der Waals surface area contributed by atoms with Crippen molar-refractivity contribution in [2.24, 2.45) is 11.8 Å². The highest BCUT2D eigenvalue weighted by Crippen LogP contribution is 2.44. The van der Waals surface area contributed by atoms with Gasteiger partial charge in [-0.3, -0.25) is 4.79 Å². The van der Waals surface area contributed by atoms with Crippen molar-refractivity contribution in [2.75, 3.05) is 13.1 Å². The molecule has 4 aliphatic rings. The summed E-state index contributed by atoms with van der Waals surface area (Å²) in [6.07, 6.45) is 9.72. The smallest absolute Gasteiger partial charge is 0.239 e. The molecule has 2 N–H and O–H groups in total. The van der Waals surface area contributed by atoms with Gasteiger partial charge in [-0.25, -0.2) is 0 Å². The number of carbonyl (C=O) groups excluding carboxylic acids is 1. The van der Waals surface area contributed by atoms with E-state index < -0.39 is 5.60 Å². The molecule has 4 heteroatoms. The van der Waals surface area contributed by atoms with Gasteiger partial charge in [-0.05, 0) is 50.4 Å². The molecule has 3 atom stereocenters. The van der Waals surface area contributed by atoms with Crippen LogP contribution in [0, 0.1) is 11.8 Å². The minimum atomic E-state index is -0.544. The molecule has 0 aromatic rings. The molecule has 0 aromatic carbocycles. The number of carbonyl (C=O) groups is 1. The molecule has 2 saturated heterocycles. The normalized spacial score (nSPS) is 39.9. The number of nitrogens with zero attached hydrogens (tertiary/aromatic N) is 1. The molecule has 2 saturated carbocycles. The standard InChI is InChI=1S/C16H26N2O2/c19-15(18-9-16(20,10-18)12-6-7-12)14-8-5-11-3-1-2-4-13(11)17-14/h11-14,17,20H,1-10H2. The molecule has 2 aliphatic heterocycles. The number of β-amino-alcohol motifs (C(OH)–C–C–N with tert-alkyl or cyclic N) is 1. The molecule has 2 aliphatic carbocycles. The van der Waals surface area contributed by atoms with Crippen LogP contribution in [0.2, 0.25) is 0 Å². The summed E-state index contributed by atoms with van der Waals surface area (Å²) < 4.78 is 0. The summed E-state index contributed by atoms with van der Waals surface area (Å²) in [5.74, 6) is 1.50. The predicted molar refractivity (Wildman–Crippen MR) is 76.2 cm³/mol. The first-order valence-electron chi connectivity index (χ1n) is 8.43. The summed E-state index contributed by atoms with van der Waals surface area (Å²) in [4.78, 5) is 14.4. The van der Waals surface area contributed by atoms with Gasteiger partial charge in [-0.1, -0.05) is 12.8 Å². The molecule has 0 spiro atoms. The summed E-state index contributed by atoms with van der Waals surface area (Å²) in [7, 11) is 0. The van der Waals surface area contributed by atoms with Crippen LogP contribution in [0.4, 0.5) is 0 Å². The van der Waals surface area contributed by atoms with E-state index in [1.54, 1.807) is 0 Å². The summed E-state index contributed by atoms with van der Waals surface area (Å²) in [5.41, 5.74) is -0.544. The highest BCUT2D eigenvalue weighted by molar-refractivity contribution is 5.83.